The van der Waals surface area contributed by atoms with Gasteiger partial charge in [0.25, 0.3) is 0 Å². The van der Waals surface area contributed by atoms with Crippen LogP contribution < -0.4 is 5.32 Å². The molecule has 4 unspecified atom stereocenters. The van der Waals surface area contributed by atoms with Crippen LogP contribution in [0, 0.1) is 11.8 Å². The molecule has 0 saturated heterocycles. The Kier molecular flexibility index (Phi) is 4.70. The maximum Gasteiger partial charge on any atom is 0.308 e. The molecule has 0 radical (unpaired) electrons. The van der Waals surface area contributed by atoms with Gasteiger partial charge < -0.3 is 14.8 Å². The topological polar surface area (TPSA) is 79.5 Å². The molecule has 1 heterocycles. The fourth-order valence-corrected chi connectivity index (χ4v) is 2.35. The SMILES string of the molecule is CC1CC1c1ccc(CCC(=O)NC(C)C(C)C(=O)O)o1. The molecule has 0 aromatic carbocycles. The summed E-state index contributed by atoms with van der Waals surface area (Å²) in [5.74, 6) is 1.43. The number of carbonyl (C=O) groups is 2. The maximum atomic E-state index is 11.8. The first-order valence-electron chi connectivity index (χ1n) is 7.49. The average molecular weight is 293 g/mol. The molecule has 1 amide bonds. The van der Waals surface area contributed by atoms with E-state index in [1.165, 1.54) is 6.42 Å². The van der Waals surface area contributed by atoms with Crippen molar-refractivity contribution in [1.29, 1.82) is 0 Å². The van der Waals surface area contributed by atoms with Crippen LogP contribution >= 0.6 is 0 Å². The van der Waals surface area contributed by atoms with E-state index in [0.717, 1.165) is 11.5 Å². The first-order valence-corrected chi connectivity index (χ1v) is 7.49. The minimum Gasteiger partial charge on any atom is -0.481 e. The molecule has 2 N–H and O–H groups in total. The number of hydrogen-bond acceptors (Lipinski definition) is 3. The highest BCUT2D eigenvalue weighted by Crippen LogP contribution is 2.47. The highest BCUT2D eigenvalue weighted by molar-refractivity contribution is 5.78. The fourth-order valence-electron chi connectivity index (χ4n) is 2.35. The Morgan fingerprint density at radius 3 is 2.67 bits per heavy atom. The Bertz CT molecular complexity index is 522. The Hall–Kier alpha value is -1.78. The van der Waals surface area contributed by atoms with Gasteiger partial charge in [0.15, 0.2) is 0 Å². The number of hydrogen-bond donors (Lipinski definition) is 2. The predicted octanol–water partition coefficient (Wildman–Crippen LogP) is 2.56. The summed E-state index contributed by atoms with van der Waals surface area (Å²) in [4.78, 5) is 22.6. The number of aryl methyl sites for hydroxylation is 1. The monoisotopic (exact) mass is 293 g/mol. The number of nitrogens with one attached hydrogen (secondary N) is 1. The summed E-state index contributed by atoms with van der Waals surface area (Å²) in [5, 5.41) is 11.6. The molecule has 0 spiro atoms. The van der Waals surface area contributed by atoms with E-state index < -0.39 is 11.9 Å². The molecule has 21 heavy (non-hydrogen) atoms. The van der Waals surface area contributed by atoms with Gasteiger partial charge in [0.2, 0.25) is 5.91 Å². The molecule has 2 rings (SSSR count). The Labute approximate surface area is 124 Å². The summed E-state index contributed by atoms with van der Waals surface area (Å²) < 4.78 is 5.74. The van der Waals surface area contributed by atoms with Crippen molar-refractivity contribution in [2.24, 2.45) is 11.8 Å². The van der Waals surface area contributed by atoms with Gasteiger partial charge in [0.1, 0.15) is 11.5 Å². The third-order valence-corrected chi connectivity index (χ3v) is 4.28. The second kappa shape index (κ2) is 6.33. The summed E-state index contributed by atoms with van der Waals surface area (Å²) in [5.41, 5.74) is 0. The lowest BCUT2D eigenvalue weighted by Crippen LogP contribution is -2.40. The molecular weight excluding hydrogens is 270 g/mol. The molecule has 1 saturated carbocycles. The summed E-state index contributed by atoms with van der Waals surface area (Å²) in [7, 11) is 0. The number of aliphatic carboxylic acids is 1. The highest BCUT2D eigenvalue weighted by atomic mass is 16.4. The minimum absolute atomic E-state index is 0.145. The smallest absolute Gasteiger partial charge is 0.308 e. The molecule has 5 heteroatoms. The van der Waals surface area contributed by atoms with Crippen LogP contribution in [-0.2, 0) is 16.0 Å². The first-order chi connectivity index (χ1) is 9.88. The average Bonchev–Trinajstić information content (AvgIpc) is 2.98. The number of carboxylic acid groups (broad SMARTS) is 1. The van der Waals surface area contributed by atoms with Gasteiger partial charge in [-0.1, -0.05) is 6.92 Å². The Morgan fingerprint density at radius 2 is 2.10 bits per heavy atom. The standard InChI is InChI=1S/C16H23NO4/c1-9-8-13(9)14-6-4-12(21-14)5-7-15(18)17-11(3)10(2)16(19)20/h4,6,9-11,13H,5,7-8H2,1-3H3,(H,17,18)(H,19,20). The molecule has 5 nitrogen and oxygen atoms in total. The van der Waals surface area contributed by atoms with Crippen LogP contribution in [0.15, 0.2) is 16.5 Å². The van der Waals surface area contributed by atoms with Gasteiger partial charge >= 0.3 is 5.97 Å². The zero-order chi connectivity index (χ0) is 15.6. The summed E-state index contributed by atoms with van der Waals surface area (Å²) in [6.45, 7) is 5.49. The minimum atomic E-state index is -0.906. The molecule has 1 aromatic rings. The van der Waals surface area contributed by atoms with E-state index in [1.807, 2.05) is 12.1 Å². The van der Waals surface area contributed by atoms with E-state index in [0.29, 0.717) is 24.7 Å². The van der Waals surface area contributed by atoms with Crippen molar-refractivity contribution >= 4 is 11.9 Å². The highest BCUT2D eigenvalue weighted by Gasteiger charge is 2.36. The van der Waals surface area contributed by atoms with Crippen LogP contribution in [0.5, 0.6) is 0 Å². The van der Waals surface area contributed by atoms with Crippen molar-refractivity contribution in [2.75, 3.05) is 0 Å². The number of carboxylic acids is 1. The van der Waals surface area contributed by atoms with Crippen LogP contribution in [0.3, 0.4) is 0 Å². The van der Waals surface area contributed by atoms with Gasteiger partial charge in [0.05, 0.1) is 5.92 Å². The first kappa shape index (κ1) is 15.6. The molecule has 1 fully saturated rings. The van der Waals surface area contributed by atoms with Gasteiger partial charge in [-0.15, -0.1) is 0 Å². The normalized spacial score (nSPS) is 23.4. The van der Waals surface area contributed by atoms with Crippen LogP contribution in [0.2, 0.25) is 0 Å². The molecule has 1 aliphatic carbocycles. The number of amides is 1. The van der Waals surface area contributed by atoms with Crippen LogP contribution in [0.4, 0.5) is 0 Å². The van der Waals surface area contributed by atoms with Crippen molar-refractivity contribution in [3.8, 4) is 0 Å². The quantitative estimate of drug-likeness (QED) is 0.809. The fraction of sp³-hybridized carbons (Fsp3) is 0.625. The summed E-state index contributed by atoms with van der Waals surface area (Å²) in [6.07, 6.45) is 2.03. The van der Waals surface area contributed by atoms with E-state index in [1.54, 1.807) is 13.8 Å². The maximum absolute atomic E-state index is 11.8. The van der Waals surface area contributed by atoms with Crippen molar-refractivity contribution in [3.63, 3.8) is 0 Å². The molecule has 116 valence electrons. The third-order valence-electron chi connectivity index (χ3n) is 4.28. The van der Waals surface area contributed by atoms with E-state index in [2.05, 4.69) is 12.2 Å². The van der Waals surface area contributed by atoms with Gasteiger partial charge in [-0.05, 0) is 38.3 Å². The number of furan rings is 1. The second-order valence-corrected chi connectivity index (χ2v) is 6.11. The van der Waals surface area contributed by atoms with Crippen LogP contribution in [-0.4, -0.2) is 23.0 Å². The van der Waals surface area contributed by atoms with E-state index >= 15 is 0 Å². The lowest BCUT2D eigenvalue weighted by Gasteiger charge is -2.17. The Balaban J connectivity index is 1.76. The molecule has 0 aliphatic heterocycles. The molecular formula is C16H23NO4. The Morgan fingerprint density at radius 1 is 1.43 bits per heavy atom. The van der Waals surface area contributed by atoms with Crippen molar-refractivity contribution < 1.29 is 19.1 Å². The van der Waals surface area contributed by atoms with Gasteiger partial charge in [0, 0.05) is 24.8 Å². The molecule has 0 bridgehead atoms. The van der Waals surface area contributed by atoms with E-state index in [9.17, 15) is 9.59 Å². The molecule has 1 aromatic heterocycles. The van der Waals surface area contributed by atoms with Crippen molar-refractivity contribution in [1.82, 2.24) is 5.32 Å². The van der Waals surface area contributed by atoms with Crippen LogP contribution in [0.25, 0.3) is 0 Å². The van der Waals surface area contributed by atoms with Gasteiger partial charge in [-0.2, -0.15) is 0 Å². The van der Waals surface area contributed by atoms with Crippen LogP contribution in [0.1, 0.15) is 51.1 Å². The van der Waals surface area contributed by atoms with Gasteiger partial charge in [-0.3, -0.25) is 9.59 Å². The molecule has 4 atom stereocenters. The number of rotatable bonds is 7. The molecule has 1 aliphatic rings. The lowest BCUT2D eigenvalue weighted by atomic mass is 10.0. The van der Waals surface area contributed by atoms with E-state index in [4.69, 9.17) is 9.52 Å². The predicted molar refractivity (Wildman–Crippen MR) is 78.0 cm³/mol. The third kappa shape index (κ3) is 4.09. The zero-order valence-electron chi connectivity index (χ0n) is 12.8. The summed E-state index contributed by atoms with van der Waals surface area (Å²) in [6, 6.07) is 3.54. The zero-order valence-corrected chi connectivity index (χ0v) is 12.8. The second-order valence-electron chi connectivity index (χ2n) is 6.11. The van der Waals surface area contributed by atoms with Crippen molar-refractivity contribution in [3.05, 3.63) is 23.7 Å². The van der Waals surface area contributed by atoms with E-state index in [-0.39, 0.29) is 11.9 Å². The number of carbonyl (C=O) groups excluding carboxylic acids is 1. The van der Waals surface area contributed by atoms with Gasteiger partial charge in [-0.25, -0.2) is 0 Å². The largest absolute Gasteiger partial charge is 0.481 e. The summed E-state index contributed by atoms with van der Waals surface area (Å²) >= 11 is 0. The van der Waals surface area contributed by atoms with Crippen molar-refractivity contribution in [2.45, 2.75) is 52.0 Å². The lowest BCUT2D eigenvalue weighted by molar-refractivity contribution is -0.142.